The molecule has 0 aliphatic carbocycles. The number of nitrogens with zero attached hydrogens (tertiary/aromatic N) is 1. The molecule has 1 aromatic rings. The number of rotatable bonds is 8. The van der Waals surface area contributed by atoms with E-state index in [2.05, 4.69) is 10.3 Å². The molecule has 1 rings (SSSR count). The van der Waals surface area contributed by atoms with Gasteiger partial charge in [-0.2, -0.15) is 0 Å². The highest BCUT2D eigenvalue weighted by Crippen LogP contribution is 2.06. The summed E-state index contributed by atoms with van der Waals surface area (Å²) in [6, 6.07) is 5.65. The third-order valence-corrected chi connectivity index (χ3v) is 2.31. The van der Waals surface area contributed by atoms with Crippen LogP contribution in [0, 0.1) is 0 Å². The fourth-order valence-corrected chi connectivity index (χ4v) is 1.43. The van der Waals surface area contributed by atoms with E-state index in [1.165, 1.54) is 0 Å². The lowest BCUT2D eigenvalue weighted by Gasteiger charge is -2.10. The summed E-state index contributed by atoms with van der Waals surface area (Å²) < 4.78 is 9.88. The van der Waals surface area contributed by atoms with Crippen LogP contribution < -0.4 is 10.1 Å². The number of hydrogen-bond donors (Lipinski definition) is 2. The summed E-state index contributed by atoms with van der Waals surface area (Å²) in [7, 11) is 3.18. The second kappa shape index (κ2) is 8.00. The third-order valence-electron chi connectivity index (χ3n) is 2.31. The van der Waals surface area contributed by atoms with E-state index in [-0.39, 0.29) is 0 Å². The first-order valence-corrected chi connectivity index (χ1v) is 5.64. The Labute approximate surface area is 102 Å². The number of methoxy groups -OCH3 is 2. The monoisotopic (exact) mass is 240 g/mol. The molecule has 1 unspecified atom stereocenters. The quantitative estimate of drug-likeness (QED) is 0.651. The first kappa shape index (κ1) is 13.9. The van der Waals surface area contributed by atoms with Crippen molar-refractivity contribution in [2.45, 2.75) is 19.1 Å². The van der Waals surface area contributed by atoms with Crippen molar-refractivity contribution in [3.63, 3.8) is 0 Å². The van der Waals surface area contributed by atoms with Crippen molar-refractivity contribution >= 4 is 0 Å². The van der Waals surface area contributed by atoms with Crippen molar-refractivity contribution < 1.29 is 14.6 Å². The van der Waals surface area contributed by atoms with Crippen LogP contribution in [0.25, 0.3) is 0 Å². The van der Waals surface area contributed by atoms with Crippen LogP contribution >= 0.6 is 0 Å². The zero-order valence-electron chi connectivity index (χ0n) is 10.3. The third kappa shape index (κ3) is 5.63. The maximum absolute atomic E-state index is 9.43. The SMILES string of the molecule is COCC(O)CCNCc1cccc(OC)n1. The molecule has 0 saturated carbocycles. The van der Waals surface area contributed by atoms with Crippen molar-refractivity contribution in [1.29, 1.82) is 0 Å². The molecular formula is C12H20N2O3. The van der Waals surface area contributed by atoms with Crippen molar-refractivity contribution in [3.05, 3.63) is 23.9 Å². The van der Waals surface area contributed by atoms with E-state index in [1.807, 2.05) is 18.2 Å². The minimum Gasteiger partial charge on any atom is -0.481 e. The average Bonchev–Trinajstić information content (AvgIpc) is 2.35. The maximum Gasteiger partial charge on any atom is 0.213 e. The van der Waals surface area contributed by atoms with Gasteiger partial charge in [-0.3, -0.25) is 0 Å². The standard InChI is InChI=1S/C12H20N2O3/c1-16-9-11(15)6-7-13-8-10-4-3-5-12(14-10)17-2/h3-5,11,13,15H,6-9H2,1-2H3. The van der Waals surface area contributed by atoms with Crippen LogP contribution in [-0.2, 0) is 11.3 Å². The Hall–Kier alpha value is -1.17. The molecule has 0 fully saturated rings. The van der Waals surface area contributed by atoms with E-state index in [0.717, 1.165) is 12.2 Å². The maximum atomic E-state index is 9.43. The number of aromatic nitrogens is 1. The summed E-state index contributed by atoms with van der Waals surface area (Å²) in [5.74, 6) is 0.615. The van der Waals surface area contributed by atoms with Crippen LogP contribution in [0.4, 0.5) is 0 Å². The van der Waals surface area contributed by atoms with Gasteiger partial charge in [-0.25, -0.2) is 4.98 Å². The summed E-state index contributed by atoms with van der Waals surface area (Å²) in [4.78, 5) is 4.27. The molecule has 0 radical (unpaired) electrons. The lowest BCUT2D eigenvalue weighted by molar-refractivity contribution is 0.0594. The summed E-state index contributed by atoms with van der Waals surface area (Å²) in [6.07, 6.45) is 0.253. The van der Waals surface area contributed by atoms with Crippen LogP contribution in [0.5, 0.6) is 5.88 Å². The number of hydrogen-bond acceptors (Lipinski definition) is 5. The highest BCUT2D eigenvalue weighted by atomic mass is 16.5. The van der Waals surface area contributed by atoms with E-state index in [0.29, 0.717) is 25.5 Å². The molecule has 17 heavy (non-hydrogen) atoms. The first-order valence-electron chi connectivity index (χ1n) is 5.64. The number of nitrogens with one attached hydrogen (secondary N) is 1. The predicted molar refractivity (Wildman–Crippen MR) is 65.0 cm³/mol. The zero-order valence-corrected chi connectivity index (χ0v) is 10.3. The first-order chi connectivity index (χ1) is 8.26. The van der Waals surface area contributed by atoms with Gasteiger partial charge in [0.25, 0.3) is 0 Å². The average molecular weight is 240 g/mol. The van der Waals surface area contributed by atoms with Crippen molar-refractivity contribution in [3.8, 4) is 5.88 Å². The second-order valence-electron chi connectivity index (χ2n) is 3.75. The molecule has 0 aliphatic heterocycles. The number of aliphatic hydroxyl groups excluding tert-OH is 1. The Morgan fingerprint density at radius 2 is 2.24 bits per heavy atom. The summed E-state index contributed by atoms with van der Waals surface area (Å²) in [6.45, 7) is 1.76. The van der Waals surface area contributed by atoms with E-state index in [9.17, 15) is 5.11 Å². The van der Waals surface area contributed by atoms with Gasteiger partial charge >= 0.3 is 0 Å². The molecule has 5 nitrogen and oxygen atoms in total. The lowest BCUT2D eigenvalue weighted by Crippen LogP contribution is -2.23. The van der Waals surface area contributed by atoms with Gasteiger partial charge in [-0.15, -0.1) is 0 Å². The van der Waals surface area contributed by atoms with Gasteiger partial charge in [-0.05, 0) is 19.0 Å². The van der Waals surface area contributed by atoms with E-state index >= 15 is 0 Å². The fourth-order valence-electron chi connectivity index (χ4n) is 1.43. The normalized spacial score (nSPS) is 12.4. The molecule has 0 aromatic carbocycles. The van der Waals surface area contributed by atoms with Gasteiger partial charge in [-0.1, -0.05) is 6.07 Å². The van der Waals surface area contributed by atoms with Gasteiger partial charge < -0.3 is 19.9 Å². The molecule has 1 aromatic heterocycles. The number of aliphatic hydroxyl groups is 1. The molecule has 2 N–H and O–H groups in total. The van der Waals surface area contributed by atoms with Crippen LogP contribution in [0.1, 0.15) is 12.1 Å². The number of pyridine rings is 1. The highest BCUT2D eigenvalue weighted by Gasteiger charge is 2.02. The Morgan fingerprint density at radius 1 is 1.41 bits per heavy atom. The Morgan fingerprint density at radius 3 is 2.94 bits per heavy atom. The fraction of sp³-hybridized carbons (Fsp3) is 0.583. The van der Waals surface area contributed by atoms with Crippen molar-refractivity contribution in [1.82, 2.24) is 10.3 Å². The topological polar surface area (TPSA) is 63.6 Å². The van der Waals surface area contributed by atoms with Gasteiger partial charge in [0.1, 0.15) is 0 Å². The minimum absolute atomic E-state index is 0.374. The van der Waals surface area contributed by atoms with Gasteiger partial charge in [0, 0.05) is 19.7 Å². The zero-order chi connectivity index (χ0) is 12.5. The van der Waals surface area contributed by atoms with Gasteiger partial charge in [0.2, 0.25) is 5.88 Å². The van der Waals surface area contributed by atoms with E-state index < -0.39 is 6.10 Å². The van der Waals surface area contributed by atoms with E-state index in [4.69, 9.17) is 9.47 Å². The predicted octanol–water partition coefficient (Wildman–Crippen LogP) is 0.577. The molecule has 96 valence electrons. The molecule has 5 heteroatoms. The van der Waals surface area contributed by atoms with Crippen LogP contribution in [0.2, 0.25) is 0 Å². The Bertz CT molecular complexity index is 320. The van der Waals surface area contributed by atoms with Crippen LogP contribution in [-0.4, -0.2) is 43.6 Å². The molecule has 0 spiro atoms. The summed E-state index contributed by atoms with van der Waals surface area (Å²) in [5.41, 5.74) is 0.922. The van der Waals surface area contributed by atoms with Gasteiger partial charge in [0.15, 0.2) is 0 Å². The summed E-state index contributed by atoms with van der Waals surface area (Å²) in [5, 5.41) is 12.6. The Balaban J connectivity index is 2.21. The lowest BCUT2D eigenvalue weighted by atomic mass is 10.2. The molecule has 0 saturated heterocycles. The largest absolute Gasteiger partial charge is 0.481 e. The summed E-state index contributed by atoms with van der Waals surface area (Å²) >= 11 is 0. The van der Waals surface area contributed by atoms with E-state index in [1.54, 1.807) is 14.2 Å². The molecule has 0 amide bonds. The second-order valence-corrected chi connectivity index (χ2v) is 3.75. The van der Waals surface area contributed by atoms with Crippen molar-refractivity contribution in [2.24, 2.45) is 0 Å². The molecule has 1 atom stereocenters. The minimum atomic E-state index is -0.411. The smallest absolute Gasteiger partial charge is 0.213 e. The van der Waals surface area contributed by atoms with Crippen LogP contribution in [0.15, 0.2) is 18.2 Å². The molecule has 0 aliphatic rings. The molecular weight excluding hydrogens is 220 g/mol. The number of ether oxygens (including phenoxy) is 2. The van der Waals surface area contributed by atoms with Gasteiger partial charge in [0.05, 0.1) is 25.5 Å². The van der Waals surface area contributed by atoms with Crippen molar-refractivity contribution in [2.75, 3.05) is 27.4 Å². The highest BCUT2D eigenvalue weighted by molar-refractivity contribution is 5.15. The molecule has 1 heterocycles. The van der Waals surface area contributed by atoms with Crippen LogP contribution in [0.3, 0.4) is 0 Å². The molecule has 0 bridgehead atoms. The Kier molecular flexibility index (Phi) is 6.54.